The summed E-state index contributed by atoms with van der Waals surface area (Å²) in [6.07, 6.45) is 2.36. The molecule has 0 amide bonds. The van der Waals surface area contributed by atoms with Gasteiger partial charge in [0.25, 0.3) is 0 Å². The molecule has 1 aromatic rings. The van der Waals surface area contributed by atoms with Gasteiger partial charge in [-0.1, -0.05) is 0 Å². The van der Waals surface area contributed by atoms with Crippen molar-refractivity contribution >= 4 is 41.3 Å². The number of nitrogens with one attached hydrogen (secondary N) is 1. The first-order valence-electron chi connectivity index (χ1n) is 9.60. The van der Waals surface area contributed by atoms with Crippen LogP contribution < -0.4 is 5.32 Å². The van der Waals surface area contributed by atoms with Crippen LogP contribution in [0.3, 0.4) is 0 Å². The molecule has 2 aliphatic rings. The van der Waals surface area contributed by atoms with E-state index >= 15 is 0 Å². The van der Waals surface area contributed by atoms with E-state index in [1.807, 2.05) is 18.4 Å². The zero-order valence-corrected chi connectivity index (χ0v) is 19.6. The van der Waals surface area contributed by atoms with E-state index in [4.69, 9.17) is 9.47 Å². The van der Waals surface area contributed by atoms with E-state index in [0.717, 1.165) is 45.3 Å². The quantitative estimate of drug-likeness (QED) is 0.253. The summed E-state index contributed by atoms with van der Waals surface area (Å²) in [4.78, 5) is 10.9. The third-order valence-corrected chi connectivity index (χ3v) is 6.20. The highest BCUT2D eigenvalue weighted by molar-refractivity contribution is 14.0. The highest BCUT2D eigenvalue weighted by Gasteiger charge is 2.25. The van der Waals surface area contributed by atoms with Gasteiger partial charge in [0.2, 0.25) is 0 Å². The van der Waals surface area contributed by atoms with Gasteiger partial charge in [-0.05, 0) is 29.9 Å². The van der Waals surface area contributed by atoms with Crippen molar-refractivity contribution in [3.8, 4) is 0 Å². The number of ether oxygens (including phenoxy) is 2. The molecule has 1 atom stereocenters. The standard InChI is InChI=1S/C19H32N4O2S.HI/c1-20-19(23-8-3-16(13-23)15-25-11-10-24-2)21-6-9-22-7-4-18-17(14-22)5-12-26-18;/h5,12,16H,3-4,6-11,13-15H2,1-2H3,(H,20,21);1H. The highest BCUT2D eigenvalue weighted by atomic mass is 127. The molecule has 6 nitrogen and oxygen atoms in total. The van der Waals surface area contributed by atoms with Crippen LogP contribution in [0.15, 0.2) is 16.4 Å². The molecule has 2 aliphatic heterocycles. The fourth-order valence-electron chi connectivity index (χ4n) is 3.71. The van der Waals surface area contributed by atoms with Crippen molar-refractivity contribution in [2.24, 2.45) is 10.9 Å². The Hall–Kier alpha value is -0.420. The normalized spacial score (nSPS) is 20.4. The number of fused-ring (bicyclic) bond motifs is 1. The zero-order valence-electron chi connectivity index (χ0n) is 16.5. The lowest BCUT2D eigenvalue weighted by molar-refractivity contribution is 0.0536. The van der Waals surface area contributed by atoms with Crippen LogP contribution in [-0.4, -0.2) is 82.5 Å². The largest absolute Gasteiger partial charge is 0.382 e. The Bertz CT molecular complexity index is 584. The maximum atomic E-state index is 5.68. The Morgan fingerprint density at radius 2 is 2.26 bits per heavy atom. The second-order valence-electron chi connectivity index (χ2n) is 7.04. The Kier molecular flexibility index (Phi) is 10.3. The summed E-state index contributed by atoms with van der Waals surface area (Å²) in [6.45, 7) is 8.50. The number of nitrogens with zero attached hydrogens (tertiary/aromatic N) is 3. The summed E-state index contributed by atoms with van der Waals surface area (Å²) in [6, 6.07) is 2.28. The molecule has 1 saturated heterocycles. The van der Waals surface area contributed by atoms with Crippen LogP contribution in [0.4, 0.5) is 0 Å². The number of guanidine groups is 1. The van der Waals surface area contributed by atoms with Crippen molar-refractivity contribution in [1.82, 2.24) is 15.1 Å². The monoisotopic (exact) mass is 508 g/mol. The molecule has 0 aromatic carbocycles. The fourth-order valence-corrected chi connectivity index (χ4v) is 4.60. The van der Waals surface area contributed by atoms with Gasteiger partial charge in [-0.2, -0.15) is 0 Å². The molecule has 1 unspecified atom stereocenters. The Morgan fingerprint density at radius 1 is 1.37 bits per heavy atom. The molecule has 3 rings (SSSR count). The lowest BCUT2D eigenvalue weighted by atomic mass is 10.1. The van der Waals surface area contributed by atoms with Crippen LogP contribution in [0, 0.1) is 5.92 Å². The Balaban J connectivity index is 0.00000261. The van der Waals surface area contributed by atoms with Crippen molar-refractivity contribution in [1.29, 1.82) is 0 Å². The van der Waals surface area contributed by atoms with E-state index in [0.29, 0.717) is 19.1 Å². The van der Waals surface area contributed by atoms with Crippen LogP contribution in [0.5, 0.6) is 0 Å². The number of hydrogen-bond donors (Lipinski definition) is 1. The van der Waals surface area contributed by atoms with Crippen molar-refractivity contribution in [2.45, 2.75) is 19.4 Å². The summed E-state index contributed by atoms with van der Waals surface area (Å²) in [5.74, 6) is 1.61. The van der Waals surface area contributed by atoms with Crippen LogP contribution >= 0.6 is 35.3 Å². The number of hydrogen-bond acceptors (Lipinski definition) is 5. The van der Waals surface area contributed by atoms with Crippen molar-refractivity contribution in [2.75, 3.05) is 66.7 Å². The average molecular weight is 508 g/mol. The van der Waals surface area contributed by atoms with E-state index in [2.05, 4.69) is 31.6 Å². The number of aliphatic imine (C=N–C) groups is 1. The molecule has 0 radical (unpaired) electrons. The second-order valence-corrected chi connectivity index (χ2v) is 8.04. The summed E-state index contributed by atoms with van der Waals surface area (Å²) in [7, 11) is 3.59. The van der Waals surface area contributed by atoms with E-state index in [-0.39, 0.29) is 24.0 Å². The summed E-state index contributed by atoms with van der Waals surface area (Å²) < 4.78 is 10.7. The summed E-state index contributed by atoms with van der Waals surface area (Å²) in [5, 5.41) is 5.77. The highest BCUT2D eigenvalue weighted by Crippen LogP contribution is 2.23. The molecule has 3 heterocycles. The van der Waals surface area contributed by atoms with Crippen LogP contribution in [0.2, 0.25) is 0 Å². The molecule has 0 saturated carbocycles. The molecular formula is C19H33IN4O2S. The third-order valence-electron chi connectivity index (χ3n) is 5.18. The minimum atomic E-state index is 0. The SMILES string of the molecule is CN=C(NCCN1CCc2sccc2C1)N1CCC(COCCOC)C1.I. The van der Waals surface area contributed by atoms with Gasteiger partial charge in [0, 0.05) is 64.2 Å². The predicted molar refractivity (Wildman–Crippen MR) is 122 cm³/mol. The molecule has 8 heteroatoms. The van der Waals surface area contributed by atoms with E-state index in [1.54, 1.807) is 12.0 Å². The number of thiophene rings is 1. The van der Waals surface area contributed by atoms with Gasteiger partial charge in [0.1, 0.15) is 0 Å². The minimum absolute atomic E-state index is 0. The number of halogens is 1. The molecule has 27 heavy (non-hydrogen) atoms. The van der Waals surface area contributed by atoms with Crippen LogP contribution in [0.1, 0.15) is 16.9 Å². The van der Waals surface area contributed by atoms with Crippen molar-refractivity contribution < 1.29 is 9.47 Å². The molecule has 1 fully saturated rings. The van der Waals surface area contributed by atoms with Crippen molar-refractivity contribution in [3.05, 3.63) is 21.9 Å². The van der Waals surface area contributed by atoms with Crippen LogP contribution in [-0.2, 0) is 22.4 Å². The smallest absolute Gasteiger partial charge is 0.193 e. The number of likely N-dealkylation sites (tertiary alicyclic amines) is 1. The van der Waals surface area contributed by atoms with Crippen LogP contribution in [0.25, 0.3) is 0 Å². The van der Waals surface area contributed by atoms with Gasteiger partial charge in [0.05, 0.1) is 19.8 Å². The molecule has 154 valence electrons. The van der Waals surface area contributed by atoms with Gasteiger partial charge in [0.15, 0.2) is 5.96 Å². The molecule has 0 aliphatic carbocycles. The lowest BCUT2D eigenvalue weighted by Crippen LogP contribution is -2.44. The zero-order chi connectivity index (χ0) is 18.2. The third kappa shape index (κ3) is 6.85. The number of methoxy groups -OCH3 is 1. The molecule has 1 aromatic heterocycles. The first-order chi connectivity index (χ1) is 12.8. The first kappa shape index (κ1) is 22.9. The van der Waals surface area contributed by atoms with Crippen molar-refractivity contribution in [3.63, 3.8) is 0 Å². The van der Waals surface area contributed by atoms with E-state index in [9.17, 15) is 0 Å². The summed E-state index contributed by atoms with van der Waals surface area (Å²) in [5.41, 5.74) is 1.52. The van der Waals surface area contributed by atoms with Gasteiger partial charge >= 0.3 is 0 Å². The maximum Gasteiger partial charge on any atom is 0.193 e. The van der Waals surface area contributed by atoms with Gasteiger partial charge in [-0.25, -0.2) is 0 Å². The topological polar surface area (TPSA) is 49.3 Å². The fraction of sp³-hybridized carbons (Fsp3) is 0.737. The summed E-state index contributed by atoms with van der Waals surface area (Å²) >= 11 is 1.90. The second kappa shape index (κ2) is 12.2. The molecule has 1 N–H and O–H groups in total. The minimum Gasteiger partial charge on any atom is -0.382 e. The van der Waals surface area contributed by atoms with Gasteiger partial charge in [-0.15, -0.1) is 35.3 Å². The average Bonchev–Trinajstić information content (AvgIpc) is 3.31. The predicted octanol–water partition coefficient (Wildman–Crippen LogP) is 2.28. The Labute approximate surface area is 184 Å². The number of rotatable bonds is 8. The van der Waals surface area contributed by atoms with Gasteiger partial charge < -0.3 is 19.7 Å². The molecule has 0 spiro atoms. The lowest BCUT2D eigenvalue weighted by Gasteiger charge is -2.28. The van der Waals surface area contributed by atoms with E-state index < -0.39 is 0 Å². The maximum absolute atomic E-state index is 5.68. The molecule has 0 bridgehead atoms. The first-order valence-corrected chi connectivity index (χ1v) is 10.5. The van der Waals surface area contributed by atoms with E-state index in [1.165, 1.54) is 24.9 Å². The Morgan fingerprint density at radius 3 is 3.07 bits per heavy atom. The molecular weight excluding hydrogens is 475 g/mol. The van der Waals surface area contributed by atoms with Gasteiger partial charge in [-0.3, -0.25) is 9.89 Å².